The molecule has 2 aromatic carbocycles. The highest BCUT2D eigenvalue weighted by atomic mass is 35.5. The normalized spacial score (nSPS) is 10.6. The van der Waals surface area contributed by atoms with Gasteiger partial charge >= 0.3 is 5.97 Å². The lowest BCUT2D eigenvalue weighted by molar-refractivity contribution is 0.0692. The number of carboxylic acid groups (broad SMARTS) is 1. The molecule has 0 bridgehead atoms. The van der Waals surface area contributed by atoms with Crippen LogP contribution in [0.15, 0.2) is 47.8 Å². The Morgan fingerprint density at radius 1 is 1.29 bits per heavy atom. The number of carbonyl (C=O) groups is 1. The van der Waals surface area contributed by atoms with E-state index in [1.807, 2.05) is 36.6 Å². The van der Waals surface area contributed by atoms with Crippen molar-refractivity contribution < 1.29 is 14.6 Å². The van der Waals surface area contributed by atoms with Crippen molar-refractivity contribution in [3.63, 3.8) is 0 Å². The molecule has 3 aromatic rings. The van der Waals surface area contributed by atoms with Crippen LogP contribution in [0.4, 0.5) is 0 Å². The standard InChI is InChI=1S/C18H14ClNO3S/c1-11-20-16(10-24-11)12-6-7-17(14(8-12)18(21)22)23-9-13-4-2-3-5-15(13)19/h2-8,10H,9H2,1H3,(H,21,22). The third-order valence-electron chi connectivity index (χ3n) is 3.47. The van der Waals surface area contributed by atoms with Gasteiger partial charge in [0.15, 0.2) is 0 Å². The average Bonchev–Trinajstić information content (AvgIpc) is 3.00. The van der Waals surface area contributed by atoms with Gasteiger partial charge in [0, 0.05) is 21.5 Å². The van der Waals surface area contributed by atoms with E-state index in [2.05, 4.69) is 4.98 Å². The first-order chi connectivity index (χ1) is 11.5. The molecule has 6 heteroatoms. The second kappa shape index (κ2) is 7.03. The first kappa shape index (κ1) is 16.5. The summed E-state index contributed by atoms with van der Waals surface area (Å²) in [6.07, 6.45) is 0. The van der Waals surface area contributed by atoms with Gasteiger partial charge in [-0.1, -0.05) is 29.8 Å². The van der Waals surface area contributed by atoms with Gasteiger partial charge in [0.2, 0.25) is 0 Å². The minimum absolute atomic E-state index is 0.102. The summed E-state index contributed by atoms with van der Waals surface area (Å²) in [5.74, 6) is -0.740. The quantitative estimate of drug-likeness (QED) is 0.692. The Hall–Kier alpha value is -2.37. The lowest BCUT2D eigenvalue weighted by Gasteiger charge is -2.11. The number of aromatic carboxylic acids is 1. The first-order valence-corrected chi connectivity index (χ1v) is 8.46. The number of ether oxygens (including phenoxy) is 1. The smallest absolute Gasteiger partial charge is 0.339 e. The topological polar surface area (TPSA) is 59.4 Å². The Labute approximate surface area is 148 Å². The van der Waals surface area contributed by atoms with E-state index in [9.17, 15) is 9.90 Å². The molecule has 0 aliphatic carbocycles. The third-order valence-corrected chi connectivity index (χ3v) is 4.61. The molecule has 1 heterocycles. The van der Waals surface area contributed by atoms with Crippen molar-refractivity contribution in [2.45, 2.75) is 13.5 Å². The zero-order valence-electron chi connectivity index (χ0n) is 12.8. The molecule has 0 aliphatic rings. The Balaban J connectivity index is 1.88. The van der Waals surface area contributed by atoms with Crippen LogP contribution in [0.3, 0.4) is 0 Å². The van der Waals surface area contributed by atoms with Gasteiger partial charge in [-0.3, -0.25) is 0 Å². The minimum Gasteiger partial charge on any atom is -0.488 e. The van der Waals surface area contributed by atoms with Crippen LogP contribution in [0.5, 0.6) is 5.75 Å². The van der Waals surface area contributed by atoms with E-state index < -0.39 is 5.97 Å². The maximum atomic E-state index is 11.6. The monoisotopic (exact) mass is 359 g/mol. The highest BCUT2D eigenvalue weighted by Gasteiger charge is 2.15. The summed E-state index contributed by atoms with van der Waals surface area (Å²) in [4.78, 5) is 15.9. The molecule has 3 rings (SSSR count). The van der Waals surface area contributed by atoms with Gasteiger partial charge in [-0.05, 0) is 31.2 Å². The summed E-state index contributed by atoms with van der Waals surface area (Å²) in [6, 6.07) is 12.3. The molecular weight excluding hydrogens is 346 g/mol. The third kappa shape index (κ3) is 3.58. The number of nitrogens with zero attached hydrogens (tertiary/aromatic N) is 1. The molecule has 122 valence electrons. The van der Waals surface area contributed by atoms with Crippen LogP contribution in [0.25, 0.3) is 11.3 Å². The lowest BCUT2D eigenvalue weighted by atomic mass is 10.1. The molecule has 24 heavy (non-hydrogen) atoms. The Morgan fingerprint density at radius 3 is 2.75 bits per heavy atom. The second-order valence-corrected chi connectivity index (χ2v) is 6.62. The molecule has 0 atom stereocenters. The van der Waals surface area contributed by atoms with Crippen LogP contribution in [-0.2, 0) is 6.61 Å². The number of halogens is 1. The summed E-state index contributed by atoms with van der Waals surface area (Å²) >= 11 is 7.62. The van der Waals surface area contributed by atoms with Crippen LogP contribution in [-0.4, -0.2) is 16.1 Å². The Bertz CT molecular complexity index is 891. The van der Waals surface area contributed by atoms with E-state index in [0.29, 0.717) is 10.8 Å². The number of rotatable bonds is 5. The van der Waals surface area contributed by atoms with Gasteiger partial charge in [-0.15, -0.1) is 11.3 Å². The maximum absolute atomic E-state index is 11.6. The summed E-state index contributed by atoms with van der Waals surface area (Å²) in [5, 5.41) is 12.9. The van der Waals surface area contributed by atoms with Crippen molar-refractivity contribution in [2.24, 2.45) is 0 Å². The van der Waals surface area contributed by atoms with Crippen molar-refractivity contribution in [2.75, 3.05) is 0 Å². The number of hydrogen-bond acceptors (Lipinski definition) is 4. The second-order valence-electron chi connectivity index (χ2n) is 5.15. The molecule has 0 spiro atoms. The zero-order valence-corrected chi connectivity index (χ0v) is 14.4. The lowest BCUT2D eigenvalue weighted by Crippen LogP contribution is -2.04. The van der Waals surface area contributed by atoms with Crippen LogP contribution in [0.1, 0.15) is 20.9 Å². The number of benzene rings is 2. The summed E-state index contributed by atoms with van der Waals surface area (Å²) < 4.78 is 5.68. The first-order valence-electron chi connectivity index (χ1n) is 7.20. The van der Waals surface area contributed by atoms with Gasteiger partial charge in [-0.2, -0.15) is 0 Å². The van der Waals surface area contributed by atoms with Gasteiger partial charge in [-0.25, -0.2) is 9.78 Å². The van der Waals surface area contributed by atoms with E-state index in [1.54, 1.807) is 18.2 Å². The average molecular weight is 360 g/mol. The van der Waals surface area contributed by atoms with E-state index in [4.69, 9.17) is 16.3 Å². The fraction of sp³-hybridized carbons (Fsp3) is 0.111. The Kier molecular flexibility index (Phi) is 4.83. The van der Waals surface area contributed by atoms with Crippen molar-refractivity contribution in [3.8, 4) is 17.0 Å². The molecule has 0 aliphatic heterocycles. The molecule has 0 fully saturated rings. The highest BCUT2D eigenvalue weighted by Crippen LogP contribution is 2.29. The molecule has 1 N–H and O–H groups in total. The van der Waals surface area contributed by atoms with Gasteiger partial charge < -0.3 is 9.84 Å². The fourth-order valence-electron chi connectivity index (χ4n) is 2.25. The summed E-state index contributed by atoms with van der Waals surface area (Å²) in [6.45, 7) is 2.11. The van der Waals surface area contributed by atoms with E-state index in [1.165, 1.54) is 11.3 Å². The number of hydrogen-bond donors (Lipinski definition) is 1. The minimum atomic E-state index is -1.04. The molecule has 0 radical (unpaired) electrons. The number of aryl methyl sites for hydroxylation is 1. The largest absolute Gasteiger partial charge is 0.488 e. The SMILES string of the molecule is Cc1nc(-c2ccc(OCc3ccccc3Cl)c(C(=O)O)c2)cs1. The maximum Gasteiger partial charge on any atom is 0.339 e. The number of thiazole rings is 1. The molecule has 1 aromatic heterocycles. The predicted octanol–water partition coefficient (Wildman–Crippen LogP) is 5.05. The van der Waals surface area contributed by atoms with Crippen LogP contribution in [0, 0.1) is 6.92 Å². The van der Waals surface area contributed by atoms with Crippen molar-refractivity contribution >= 4 is 28.9 Å². The fourth-order valence-corrected chi connectivity index (χ4v) is 3.06. The van der Waals surface area contributed by atoms with Crippen molar-refractivity contribution in [1.29, 1.82) is 0 Å². The van der Waals surface area contributed by atoms with Crippen LogP contribution in [0.2, 0.25) is 5.02 Å². The number of carboxylic acids is 1. The van der Waals surface area contributed by atoms with Crippen LogP contribution < -0.4 is 4.74 Å². The predicted molar refractivity (Wildman–Crippen MR) is 95.0 cm³/mol. The van der Waals surface area contributed by atoms with Gasteiger partial charge in [0.1, 0.15) is 17.9 Å². The van der Waals surface area contributed by atoms with E-state index in [-0.39, 0.29) is 12.2 Å². The molecule has 0 saturated carbocycles. The molecule has 0 amide bonds. The molecule has 0 unspecified atom stereocenters. The molecule has 0 saturated heterocycles. The summed E-state index contributed by atoms with van der Waals surface area (Å²) in [7, 11) is 0. The molecule has 4 nitrogen and oxygen atoms in total. The Morgan fingerprint density at radius 2 is 2.08 bits per heavy atom. The van der Waals surface area contributed by atoms with Crippen LogP contribution >= 0.6 is 22.9 Å². The van der Waals surface area contributed by atoms with E-state index >= 15 is 0 Å². The van der Waals surface area contributed by atoms with Gasteiger partial charge in [0.25, 0.3) is 0 Å². The van der Waals surface area contributed by atoms with Gasteiger partial charge in [0.05, 0.1) is 10.7 Å². The highest BCUT2D eigenvalue weighted by molar-refractivity contribution is 7.09. The van der Waals surface area contributed by atoms with Crippen molar-refractivity contribution in [1.82, 2.24) is 4.98 Å². The zero-order chi connectivity index (χ0) is 17.1. The molecular formula is C18H14ClNO3S. The van der Waals surface area contributed by atoms with Crippen molar-refractivity contribution in [3.05, 3.63) is 69.0 Å². The summed E-state index contributed by atoms with van der Waals surface area (Å²) in [5.41, 5.74) is 2.42. The number of aromatic nitrogens is 1. The van der Waals surface area contributed by atoms with E-state index in [0.717, 1.165) is 21.8 Å².